The molecule has 1 aliphatic rings. The molecule has 3 rings (SSSR count). The Balaban J connectivity index is 2.44. The molecule has 7 nitrogen and oxygen atoms in total. The third-order valence-corrected chi connectivity index (χ3v) is 3.33. The number of carbonyl (C=O) groups excluding carboxylic acids is 1. The fraction of sp³-hybridized carbons (Fsp3) is 0.231. The van der Waals surface area contributed by atoms with Crippen LogP contribution in [0.2, 0.25) is 0 Å². The van der Waals surface area contributed by atoms with Crippen molar-refractivity contribution < 1.29 is 9.90 Å². The van der Waals surface area contributed by atoms with Crippen LogP contribution in [0.15, 0.2) is 17.2 Å². The number of nitrogens with one attached hydrogen (secondary N) is 1. The number of aromatic nitrogens is 2. The topological polar surface area (TPSA) is 110 Å². The molecule has 2 aromatic heterocycles. The lowest BCUT2D eigenvalue weighted by Gasteiger charge is -2.20. The first-order valence-corrected chi connectivity index (χ1v) is 6.06. The first-order chi connectivity index (χ1) is 9.63. The van der Waals surface area contributed by atoms with Crippen LogP contribution in [0, 0.1) is 11.3 Å². The van der Waals surface area contributed by atoms with Crippen molar-refractivity contribution >= 4 is 17.3 Å². The van der Waals surface area contributed by atoms with Crippen molar-refractivity contribution in [1.82, 2.24) is 9.38 Å². The van der Waals surface area contributed by atoms with Gasteiger partial charge < -0.3 is 15.2 Å². The van der Waals surface area contributed by atoms with Crippen LogP contribution in [-0.2, 0) is 6.42 Å². The minimum absolute atomic E-state index is 0.149. The molecular weight excluding hydrogens is 260 g/mol. The van der Waals surface area contributed by atoms with E-state index in [1.54, 1.807) is 6.20 Å². The highest BCUT2D eigenvalue weighted by Crippen LogP contribution is 2.27. The summed E-state index contributed by atoms with van der Waals surface area (Å²) in [6.45, 7) is 0.749. The molecule has 1 aliphatic heterocycles. The third-order valence-electron chi connectivity index (χ3n) is 3.33. The second-order valence-corrected chi connectivity index (χ2v) is 4.50. The van der Waals surface area contributed by atoms with Crippen LogP contribution in [0.3, 0.4) is 0 Å². The number of fused-ring (bicyclic) bond motifs is 2. The Morgan fingerprint density at radius 2 is 2.35 bits per heavy atom. The summed E-state index contributed by atoms with van der Waals surface area (Å²) in [7, 11) is 0. The number of anilines is 1. The number of nitrogens with zero attached hydrogens (tertiary/aromatic N) is 3. The second kappa shape index (κ2) is 4.35. The fourth-order valence-corrected chi connectivity index (χ4v) is 2.40. The number of aromatic carboxylic acids is 1. The molecule has 0 saturated heterocycles. The highest BCUT2D eigenvalue weighted by Gasteiger charge is 2.19. The van der Waals surface area contributed by atoms with E-state index in [0.29, 0.717) is 5.69 Å². The molecule has 0 aromatic carbocycles. The summed E-state index contributed by atoms with van der Waals surface area (Å²) in [5.74, 6) is -1.58. The largest absolute Gasteiger partial charge is 0.545 e. The van der Waals surface area contributed by atoms with Crippen molar-refractivity contribution in [2.45, 2.75) is 12.8 Å². The number of rotatable bonds is 1. The second-order valence-electron chi connectivity index (χ2n) is 4.50. The van der Waals surface area contributed by atoms with Gasteiger partial charge in [0, 0.05) is 18.9 Å². The molecule has 0 unspecified atom stereocenters. The van der Waals surface area contributed by atoms with E-state index in [1.165, 1.54) is 0 Å². The highest BCUT2D eigenvalue weighted by molar-refractivity contribution is 5.85. The average Bonchev–Trinajstić information content (AvgIpc) is 2.45. The summed E-state index contributed by atoms with van der Waals surface area (Å²) >= 11 is 0. The van der Waals surface area contributed by atoms with Crippen molar-refractivity contribution in [1.29, 1.82) is 5.26 Å². The maximum Gasteiger partial charge on any atom is 0.266 e. The Bertz CT molecular complexity index is 832. The minimum Gasteiger partial charge on any atom is -0.545 e. The number of aryl methyl sites for hydroxylation is 1. The van der Waals surface area contributed by atoms with Crippen LogP contribution >= 0.6 is 0 Å². The van der Waals surface area contributed by atoms with Gasteiger partial charge in [0.2, 0.25) is 0 Å². The number of hydrogen-bond donors (Lipinski definition) is 1. The van der Waals surface area contributed by atoms with Gasteiger partial charge in [0.15, 0.2) is 5.65 Å². The molecule has 0 bridgehead atoms. The lowest BCUT2D eigenvalue weighted by Crippen LogP contribution is -2.32. The predicted molar refractivity (Wildman–Crippen MR) is 67.3 cm³/mol. The standard InChI is InChI=1S/C13H10N4O3/c14-4-8-10-7(2-1-3-15-10)6-17-11(8)16-5-9(12(17)18)13(19)20/h5-6,15H,1-3H2,(H,19,20)/p-1. The fourth-order valence-electron chi connectivity index (χ4n) is 2.40. The van der Waals surface area contributed by atoms with Crippen molar-refractivity contribution in [2.24, 2.45) is 0 Å². The zero-order valence-corrected chi connectivity index (χ0v) is 10.3. The molecule has 100 valence electrons. The van der Waals surface area contributed by atoms with Crippen molar-refractivity contribution in [3.05, 3.63) is 39.4 Å². The van der Waals surface area contributed by atoms with Gasteiger partial charge >= 0.3 is 0 Å². The Kier molecular flexibility index (Phi) is 2.64. The van der Waals surface area contributed by atoms with Gasteiger partial charge in [-0.25, -0.2) is 4.98 Å². The van der Waals surface area contributed by atoms with Gasteiger partial charge in [-0.3, -0.25) is 9.20 Å². The number of carbonyl (C=O) groups is 1. The summed E-state index contributed by atoms with van der Waals surface area (Å²) in [4.78, 5) is 26.9. The maximum absolute atomic E-state index is 12.1. The van der Waals surface area contributed by atoms with Gasteiger partial charge in [0.25, 0.3) is 5.56 Å². The van der Waals surface area contributed by atoms with Crippen LogP contribution in [0.4, 0.5) is 5.69 Å². The molecule has 0 atom stereocenters. The van der Waals surface area contributed by atoms with Crippen LogP contribution in [0.25, 0.3) is 5.65 Å². The Labute approximate surface area is 113 Å². The van der Waals surface area contributed by atoms with Crippen LogP contribution < -0.4 is 16.0 Å². The predicted octanol–water partition coefficient (Wildman–Crippen LogP) is -0.712. The van der Waals surface area contributed by atoms with Gasteiger partial charge in [0.05, 0.1) is 17.2 Å². The molecule has 2 aromatic rings. The lowest BCUT2D eigenvalue weighted by molar-refractivity contribution is -0.255. The average molecular weight is 269 g/mol. The van der Waals surface area contributed by atoms with Crippen molar-refractivity contribution in [2.75, 3.05) is 11.9 Å². The molecule has 0 aliphatic carbocycles. The van der Waals surface area contributed by atoms with Gasteiger partial charge in [-0.15, -0.1) is 0 Å². The van der Waals surface area contributed by atoms with Gasteiger partial charge in [-0.2, -0.15) is 5.26 Å². The summed E-state index contributed by atoms with van der Waals surface area (Å²) in [5.41, 5.74) is 0.626. The molecule has 0 amide bonds. The smallest absolute Gasteiger partial charge is 0.266 e. The molecule has 20 heavy (non-hydrogen) atoms. The molecule has 0 radical (unpaired) electrons. The van der Waals surface area contributed by atoms with Gasteiger partial charge in [-0.05, 0) is 18.4 Å². The maximum atomic E-state index is 12.1. The SMILES string of the molecule is N#Cc1c2c(cn3c(=O)c(C(=O)[O-])cnc13)CCCN2. The summed E-state index contributed by atoms with van der Waals surface area (Å²) < 4.78 is 1.11. The molecule has 0 fully saturated rings. The molecule has 0 spiro atoms. The van der Waals surface area contributed by atoms with E-state index in [4.69, 9.17) is 0 Å². The van der Waals surface area contributed by atoms with Crippen LogP contribution in [-0.4, -0.2) is 21.9 Å². The van der Waals surface area contributed by atoms with E-state index in [2.05, 4.69) is 10.3 Å². The number of carboxylic acid groups (broad SMARTS) is 1. The Morgan fingerprint density at radius 1 is 1.55 bits per heavy atom. The zero-order chi connectivity index (χ0) is 14.3. The molecule has 7 heteroatoms. The van der Waals surface area contributed by atoms with E-state index in [-0.39, 0.29) is 11.2 Å². The number of nitriles is 1. The quantitative estimate of drug-likeness (QED) is 0.732. The molecular formula is C13H9N4O3-. The van der Waals surface area contributed by atoms with E-state index < -0.39 is 17.1 Å². The molecule has 1 N–H and O–H groups in total. The number of hydrogen-bond acceptors (Lipinski definition) is 6. The minimum atomic E-state index is -1.58. The van der Waals surface area contributed by atoms with Gasteiger partial charge in [-0.1, -0.05) is 0 Å². The third kappa shape index (κ3) is 1.62. The van der Waals surface area contributed by atoms with E-state index in [0.717, 1.165) is 35.5 Å². The van der Waals surface area contributed by atoms with E-state index in [1.807, 2.05) is 6.07 Å². The summed E-state index contributed by atoms with van der Waals surface area (Å²) in [6, 6.07) is 2.03. The normalized spacial score (nSPS) is 13.3. The van der Waals surface area contributed by atoms with Crippen molar-refractivity contribution in [3.63, 3.8) is 0 Å². The number of carboxylic acids is 1. The van der Waals surface area contributed by atoms with E-state index >= 15 is 0 Å². The van der Waals surface area contributed by atoms with E-state index in [9.17, 15) is 20.0 Å². The highest BCUT2D eigenvalue weighted by atomic mass is 16.4. The first-order valence-electron chi connectivity index (χ1n) is 6.06. The van der Waals surface area contributed by atoms with Gasteiger partial charge in [0.1, 0.15) is 11.6 Å². The van der Waals surface area contributed by atoms with Crippen LogP contribution in [0.1, 0.15) is 27.9 Å². The Hall–Kier alpha value is -2.88. The summed E-state index contributed by atoms with van der Waals surface area (Å²) in [6.07, 6.45) is 4.07. The molecule has 3 heterocycles. The van der Waals surface area contributed by atoms with Crippen LogP contribution in [0.5, 0.6) is 0 Å². The summed E-state index contributed by atoms with van der Waals surface area (Å²) in [5, 5.41) is 23.3. The molecule has 0 saturated carbocycles. The monoisotopic (exact) mass is 269 g/mol. The zero-order valence-electron chi connectivity index (χ0n) is 10.3. The lowest BCUT2D eigenvalue weighted by atomic mass is 10.0. The van der Waals surface area contributed by atoms with Crippen molar-refractivity contribution in [3.8, 4) is 6.07 Å². The Morgan fingerprint density at radius 3 is 3.05 bits per heavy atom. The first kappa shape index (κ1) is 12.2. The number of pyridine rings is 1.